The molecule has 0 saturated heterocycles. The summed E-state index contributed by atoms with van der Waals surface area (Å²) in [5.74, 6) is -0.221. The molecule has 0 radical (unpaired) electrons. The summed E-state index contributed by atoms with van der Waals surface area (Å²) in [5.41, 5.74) is 3.86. The van der Waals surface area contributed by atoms with E-state index in [1.165, 1.54) is 6.33 Å². The van der Waals surface area contributed by atoms with Gasteiger partial charge in [0.2, 0.25) is 0 Å². The van der Waals surface area contributed by atoms with E-state index in [4.69, 9.17) is 0 Å². The molecule has 4 aromatic rings. The van der Waals surface area contributed by atoms with Crippen molar-refractivity contribution in [2.24, 2.45) is 0 Å². The number of carbonyl (C=O) groups excluding carboxylic acids is 1. The molecule has 2 aromatic heterocycles. The summed E-state index contributed by atoms with van der Waals surface area (Å²) >= 11 is 0. The highest BCUT2D eigenvalue weighted by atomic mass is 16.1. The van der Waals surface area contributed by atoms with Gasteiger partial charge in [0, 0.05) is 11.9 Å². The van der Waals surface area contributed by atoms with Crippen LogP contribution in [0.5, 0.6) is 0 Å². The second-order valence-corrected chi connectivity index (χ2v) is 5.72. The van der Waals surface area contributed by atoms with Gasteiger partial charge in [-0.1, -0.05) is 18.2 Å². The maximum absolute atomic E-state index is 12.5. The van der Waals surface area contributed by atoms with Crippen LogP contribution in [-0.2, 0) is 0 Å². The van der Waals surface area contributed by atoms with Crippen molar-refractivity contribution in [3.8, 4) is 11.4 Å². The molecule has 4 rings (SSSR count). The third-order valence-corrected chi connectivity index (χ3v) is 3.92. The third kappa shape index (κ3) is 3.07. The van der Waals surface area contributed by atoms with Crippen LogP contribution in [0.25, 0.3) is 11.4 Å². The molecule has 0 aliphatic heterocycles. The van der Waals surface area contributed by atoms with Gasteiger partial charge in [-0.05, 0) is 53.2 Å². The number of hydrogen-bond donors (Lipinski definition) is 1. The Hall–Kier alpha value is -3.81. The van der Waals surface area contributed by atoms with Crippen LogP contribution >= 0.6 is 0 Å². The van der Waals surface area contributed by atoms with Gasteiger partial charge in [0.25, 0.3) is 5.91 Å². The van der Waals surface area contributed by atoms with E-state index in [-0.39, 0.29) is 5.91 Å². The first-order chi connectivity index (χ1) is 12.7. The summed E-state index contributed by atoms with van der Waals surface area (Å²) < 4.78 is 3.24. The lowest BCUT2D eigenvalue weighted by molar-refractivity contribution is 0.102. The summed E-state index contributed by atoms with van der Waals surface area (Å²) in [6.45, 7) is 1.93. The molecule has 0 saturated carbocycles. The van der Waals surface area contributed by atoms with E-state index in [2.05, 4.69) is 25.9 Å². The maximum Gasteiger partial charge on any atom is 0.258 e. The summed E-state index contributed by atoms with van der Waals surface area (Å²) in [6.07, 6.45) is 4.77. The van der Waals surface area contributed by atoms with E-state index in [9.17, 15) is 4.79 Å². The predicted octanol–water partition coefficient (Wildman–Crippen LogP) is 2.41. The van der Waals surface area contributed by atoms with Gasteiger partial charge in [-0.2, -0.15) is 5.10 Å². The molecule has 1 N–H and O–H groups in total. The van der Waals surface area contributed by atoms with Crippen LogP contribution < -0.4 is 5.32 Å². The second kappa shape index (κ2) is 6.60. The normalized spacial score (nSPS) is 10.7. The standard InChI is InChI=1S/C18H15N7O/c1-13-9-15(7-8-17(13)25-12-19-22-23-25)21-18(26)14-10-20-24(11-14)16-5-3-2-4-6-16/h2-12H,1H3,(H,21,26). The van der Waals surface area contributed by atoms with Crippen LogP contribution in [0, 0.1) is 6.92 Å². The highest BCUT2D eigenvalue weighted by Crippen LogP contribution is 2.18. The summed E-state index contributed by atoms with van der Waals surface area (Å²) in [6, 6.07) is 15.2. The molecule has 2 heterocycles. The number of carbonyl (C=O) groups is 1. The van der Waals surface area contributed by atoms with Crippen molar-refractivity contribution in [2.75, 3.05) is 5.32 Å². The average Bonchev–Trinajstić information content (AvgIpc) is 3.35. The number of para-hydroxylation sites is 1. The number of aryl methyl sites for hydroxylation is 1. The van der Waals surface area contributed by atoms with Crippen LogP contribution in [0.1, 0.15) is 15.9 Å². The fourth-order valence-corrected chi connectivity index (χ4v) is 2.63. The molecule has 26 heavy (non-hydrogen) atoms. The molecule has 0 spiro atoms. The zero-order valence-corrected chi connectivity index (χ0v) is 13.9. The number of anilines is 1. The molecule has 2 aromatic carbocycles. The third-order valence-electron chi connectivity index (χ3n) is 3.92. The van der Waals surface area contributed by atoms with Crippen molar-refractivity contribution < 1.29 is 4.79 Å². The smallest absolute Gasteiger partial charge is 0.258 e. The van der Waals surface area contributed by atoms with Gasteiger partial charge in [0.1, 0.15) is 6.33 Å². The topological polar surface area (TPSA) is 90.5 Å². The highest BCUT2D eigenvalue weighted by Gasteiger charge is 2.11. The molecule has 0 bridgehead atoms. The number of nitrogens with one attached hydrogen (secondary N) is 1. The molecule has 0 atom stereocenters. The number of hydrogen-bond acceptors (Lipinski definition) is 5. The molecule has 1 amide bonds. The van der Waals surface area contributed by atoms with E-state index in [1.54, 1.807) is 21.8 Å². The largest absolute Gasteiger partial charge is 0.322 e. The van der Waals surface area contributed by atoms with Crippen molar-refractivity contribution in [2.45, 2.75) is 6.92 Å². The monoisotopic (exact) mass is 345 g/mol. The Morgan fingerprint density at radius 2 is 1.92 bits per heavy atom. The van der Waals surface area contributed by atoms with Gasteiger partial charge in [0.15, 0.2) is 0 Å². The molecule has 8 nitrogen and oxygen atoms in total. The Bertz CT molecular complexity index is 1040. The molecule has 0 unspecified atom stereocenters. The first-order valence-electron chi connectivity index (χ1n) is 7.96. The van der Waals surface area contributed by atoms with Gasteiger partial charge >= 0.3 is 0 Å². The van der Waals surface area contributed by atoms with Crippen molar-refractivity contribution in [1.29, 1.82) is 0 Å². The lowest BCUT2D eigenvalue weighted by Gasteiger charge is -2.08. The van der Waals surface area contributed by atoms with Crippen molar-refractivity contribution in [3.63, 3.8) is 0 Å². The molecule has 128 valence electrons. The number of tetrazole rings is 1. The van der Waals surface area contributed by atoms with Gasteiger partial charge < -0.3 is 5.32 Å². The van der Waals surface area contributed by atoms with Crippen molar-refractivity contribution >= 4 is 11.6 Å². The minimum Gasteiger partial charge on any atom is -0.322 e. The number of rotatable bonds is 4. The Morgan fingerprint density at radius 3 is 2.65 bits per heavy atom. The minimum atomic E-state index is -0.221. The average molecular weight is 345 g/mol. The van der Waals surface area contributed by atoms with Crippen molar-refractivity contribution in [3.05, 3.63) is 78.4 Å². The second-order valence-electron chi connectivity index (χ2n) is 5.72. The van der Waals surface area contributed by atoms with E-state index < -0.39 is 0 Å². The van der Waals surface area contributed by atoms with E-state index in [1.807, 2.05) is 55.5 Å². The number of amides is 1. The quantitative estimate of drug-likeness (QED) is 0.613. The van der Waals surface area contributed by atoms with Gasteiger partial charge in [0.05, 0.1) is 23.1 Å². The molecular weight excluding hydrogens is 330 g/mol. The Balaban J connectivity index is 1.52. The summed E-state index contributed by atoms with van der Waals surface area (Å²) in [5, 5.41) is 18.3. The zero-order valence-electron chi connectivity index (χ0n) is 13.9. The molecular formula is C18H15N7O. The first-order valence-corrected chi connectivity index (χ1v) is 7.96. The molecule has 8 heteroatoms. The van der Waals surface area contributed by atoms with Crippen LogP contribution in [-0.4, -0.2) is 35.9 Å². The van der Waals surface area contributed by atoms with Crippen LogP contribution in [0.2, 0.25) is 0 Å². The van der Waals surface area contributed by atoms with Gasteiger partial charge in [-0.15, -0.1) is 5.10 Å². The fourth-order valence-electron chi connectivity index (χ4n) is 2.63. The van der Waals surface area contributed by atoms with Crippen LogP contribution in [0.3, 0.4) is 0 Å². The number of aromatic nitrogens is 6. The maximum atomic E-state index is 12.5. The molecule has 0 aliphatic rings. The predicted molar refractivity (Wildman–Crippen MR) is 95.4 cm³/mol. The van der Waals surface area contributed by atoms with Crippen molar-refractivity contribution in [1.82, 2.24) is 30.0 Å². The Kier molecular flexibility index (Phi) is 3.98. The summed E-state index contributed by atoms with van der Waals surface area (Å²) in [7, 11) is 0. The number of nitrogens with zero attached hydrogens (tertiary/aromatic N) is 6. The molecule has 0 aliphatic carbocycles. The fraction of sp³-hybridized carbons (Fsp3) is 0.0556. The molecule has 0 fully saturated rings. The van der Waals surface area contributed by atoms with E-state index in [0.717, 1.165) is 16.9 Å². The lowest BCUT2D eigenvalue weighted by Crippen LogP contribution is -2.11. The van der Waals surface area contributed by atoms with E-state index >= 15 is 0 Å². The van der Waals surface area contributed by atoms with Crippen LogP contribution in [0.15, 0.2) is 67.3 Å². The van der Waals surface area contributed by atoms with Gasteiger partial charge in [-0.25, -0.2) is 9.36 Å². The first kappa shape index (κ1) is 15.7. The SMILES string of the molecule is Cc1cc(NC(=O)c2cnn(-c3ccccc3)c2)ccc1-n1cnnn1. The minimum absolute atomic E-state index is 0.221. The van der Waals surface area contributed by atoms with E-state index in [0.29, 0.717) is 11.3 Å². The lowest BCUT2D eigenvalue weighted by atomic mass is 10.1. The number of benzene rings is 2. The highest BCUT2D eigenvalue weighted by molar-refractivity contribution is 6.04. The zero-order chi connectivity index (χ0) is 17.9. The Morgan fingerprint density at radius 1 is 1.08 bits per heavy atom. The van der Waals surface area contributed by atoms with Crippen LogP contribution in [0.4, 0.5) is 5.69 Å². The Labute approximate surface area is 149 Å². The van der Waals surface area contributed by atoms with Gasteiger partial charge in [-0.3, -0.25) is 4.79 Å². The summed E-state index contributed by atoms with van der Waals surface area (Å²) in [4.78, 5) is 12.5.